The van der Waals surface area contributed by atoms with Crippen molar-refractivity contribution in [2.75, 3.05) is 0 Å². The van der Waals surface area contributed by atoms with Crippen molar-refractivity contribution in [3.63, 3.8) is 0 Å². The molecule has 2 N–H and O–H groups in total. The van der Waals surface area contributed by atoms with E-state index in [9.17, 15) is 19.2 Å². The Morgan fingerprint density at radius 2 is 1.52 bits per heavy atom. The normalized spacial score (nSPS) is 9.74. The summed E-state index contributed by atoms with van der Waals surface area (Å²) in [6.45, 7) is 5.33. The predicted molar refractivity (Wildman–Crippen MR) is 92.7 cm³/mol. The molecule has 0 fully saturated rings. The van der Waals surface area contributed by atoms with Gasteiger partial charge in [-0.15, -0.1) is 0 Å². The molecule has 27 heavy (non-hydrogen) atoms. The summed E-state index contributed by atoms with van der Waals surface area (Å²) in [5, 5.41) is 0. The van der Waals surface area contributed by atoms with E-state index in [1.807, 2.05) is 6.92 Å². The highest BCUT2D eigenvalue weighted by atomic mass is 16.5. The number of imidazole rings is 2. The maximum atomic E-state index is 11.0. The van der Waals surface area contributed by atoms with Crippen molar-refractivity contribution in [2.45, 2.75) is 46.8 Å². The molecule has 2 rings (SSSR count). The van der Waals surface area contributed by atoms with Crippen molar-refractivity contribution >= 4 is 24.0 Å². The number of ketones is 2. The molecule has 146 valence electrons. The zero-order valence-corrected chi connectivity index (χ0v) is 15.4. The van der Waals surface area contributed by atoms with E-state index < -0.39 is 0 Å². The van der Waals surface area contributed by atoms with E-state index in [2.05, 4.69) is 24.7 Å². The van der Waals surface area contributed by atoms with Crippen LogP contribution in [0.5, 0.6) is 0 Å². The molecule has 0 aliphatic rings. The molecule has 10 nitrogen and oxygen atoms in total. The Morgan fingerprint density at radius 3 is 1.93 bits per heavy atom. The summed E-state index contributed by atoms with van der Waals surface area (Å²) in [4.78, 5) is 55.5. The molecule has 2 aromatic heterocycles. The first-order valence-electron chi connectivity index (χ1n) is 8.17. The number of esters is 1. The van der Waals surface area contributed by atoms with Gasteiger partial charge in [0.25, 0.3) is 6.47 Å². The van der Waals surface area contributed by atoms with Gasteiger partial charge in [-0.25, -0.2) is 9.97 Å². The average Bonchev–Trinajstić information content (AvgIpc) is 3.28. The highest BCUT2D eigenvalue weighted by Crippen LogP contribution is 2.02. The first-order chi connectivity index (χ1) is 12.9. The number of nitrogens with one attached hydrogen (secondary N) is 2. The second-order valence-corrected chi connectivity index (χ2v) is 5.44. The van der Waals surface area contributed by atoms with Gasteiger partial charge >= 0.3 is 5.97 Å². The Morgan fingerprint density at radius 1 is 1.00 bits per heavy atom. The second-order valence-electron chi connectivity index (χ2n) is 5.44. The summed E-state index contributed by atoms with van der Waals surface area (Å²) >= 11 is 0. The zero-order chi connectivity index (χ0) is 20.2. The smallest absolute Gasteiger partial charge is 0.306 e. The van der Waals surface area contributed by atoms with Gasteiger partial charge in [-0.05, 0) is 6.42 Å². The van der Waals surface area contributed by atoms with Gasteiger partial charge in [-0.1, -0.05) is 6.92 Å². The summed E-state index contributed by atoms with van der Waals surface area (Å²) in [6.07, 6.45) is 4.13. The van der Waals surface area contributed by atoms with Crippen LogP contribution in [0.25, 0.3) is 0 Å². The standard InChI is InChI=1S/C10H14N2O3.C7H8N2O3/c1-3-4-9(14)15-6-8-5-11-10(12-8)7(2)13;1-5(11)7-8-2-6(9-7)3-12-4-10/h5H,3-4,6H2,1-2H3,(H,11,12);2,4H,3H2,1H3,(H,8,9). The lowest BCUT2D eigenvalue weighted by Crippen LogP contribution is -2.04. The SMILES string of the molecule is CC(=O)c1ncc(COC=O)[nH]1.CCCC(=O)OCc1cnc(C(C)=O)[nH]1. The van der Waals surface area contributed by atoms with E-state index in [1.54, 1.807) is 0 Å². The molecule has 0 saturated carbocycles. The highest BCUT2D eigenvalue weighted by Gasteiger charge is 2.07. The van der Waals surface area contributed by atoms with Crippen molar-refractivity contribution in [1.82, 2.24) is 19.9 Å². The summed E-state index contributed by atoms with van der Waals surface area (Å²) in [5.74, 6) is 0.0426. The van der Waals surface area contributed by atoms with Gasteiger partial charge in [-0.3, -0.25) is 19.2 Å². The quantitative estimate of drug-likeness (QED) is 0.381. The Balaban J connectivity index is 0.000000277. The molecule has 0 aliphatic carbocycles. The van der Waals surface area contributed by atoms with Gasteiger partial charge in [0.15, 0.2) is 23.2 Å². The van der Waals surface area contributed by atoms with Crippen LogP contribution < -0.4 is 0 Å². The number of nitrogens with zero attached hydrogens (tertiary/aromatic N) is 2. The molecular weight excluding hydrogens is 356 g/mol. The molecule has 2 aromatic rings. The highest BCUT2D eigenvalue weighted by molar-refractivity contribution is 5.90. The van der Waals surface area contributed by atoms with E-state index in [4.69, 9.17) is 4.74 Å². The minimum atomic E-state index is -0.239. The van der Waals surface area contributed by atoms with Crippen LogP contribution in [0.15, 0.2) is 12.4 Å². The maximum Gasteiger partial charge on any atom is 0.306 e. The Hall–Kier alpha value is -3.30. The molecule has 0 bridgehead atoms. The fourth-order valence-electron chi connectivity index (χ4n) is 1.78. The van der Waals surface area contributed by atoms with Crippen LogP contribution in [0.4, 0.5) is 0 Å². The van der Waals surface area contributed by atoms with Crippen LogP contribution in [-0.4, -0.2) is 43.9 Å². The van der Waals surface area contributed by atoms with Gasteiger partial charge in [0.05, 0.1) is 23.8 Å². The van der Waals surface area contributed by atoms with Crippen molar-refractivity contribution in [2.24, 2.45) is 0 Å². The number of hydrogen-bond donors (Lipinski definition) is 2. The molecular formula is C17H22N4O6. The number of carbonyl (C=O) groups is 4. The zero-order valence-electron chi connectivity index (χ0n) is 15.4. The van der Waals surface area contributed by atoms with Crippen LogP contribution in [0.1, 0.15) is 66.2 Å². The molecule has 0 saturated heterocycles. The number of aromatic amines is 2. The van der Waals surface area contributed by atoms with E-state index >= 15 is 0 Å². The molecule has 10 heteroatoms. The van der Waals surface area contributed by atoms with Gasteiger partial charge in [-0.2, -0.15) is 0 Å². The van der Waals surface area contributed by atoms with Crippen molar-refractivity contribution < 1.29 is 28.7 Å². The maximum absolute atomic E-state index is 11.0. The van der Waals surface area contributed by atoms with Gasteiger partial charge in [0.2, 0.25) is 0 Å². The summed E-state index contributed by atoms with van der Waals surface area (Å²) in [7, 11) is 0. The van der Waals surface area contributed by atoms with Crippen molar-refractivity contribution in [3.8, 4) is 0 Å². The molecule has 0 atom stereocenters. The molecule has 2 heterocycles. The summed E-state index contributed by atoms with van der Waals surface area (Å²) in [5.41, 5.74) is 1.23. The third kappa shape index (κ3) is 8.08. The monoisotopic (exact) mass is 378 g/mol. The molecule has 0 amide bonds. The van der Waals surface area contributed by atoms with Crippen molar-refractivity contribution in [3.05, 3.63) is 35.4 Å². The number of Topliss-reactive ketones (excluding diaryl/α,β-unsaturated/α-hetero) is 2. The number of rotatable bonds is 9. The van der Waals surface area contributed by atoms with Crippen LogP contribution in [0, 0.1) is 0 Å². The van der Waals surface area contributed by atoms with Crippen LogP contribution in [-0.2, 0) is 32.3 Å². The minimum Gasteiger partial charge on any atom is -0.461 e. The number of aromatic nitrogens is 4. The molecule has 0 spiro atoms. The minimum absolute atomic E-state index is 0.115. The molecule has 0 unspecified atom stereocenters. The van der Waals surface area contributed by atoms with E-state index in [1.165, 1.54) is 26.2 Å². The Bertz CT molecular complexity index is 780. The van der Waals surface area contributed by atoms with E-state index in [-0.39, 0.29) is 42.4 Å². The average molecular weight is 378 g/mol. The van der Waals surface area contributed by atoms with Crippen LogP contribution in [0.2, 0.25) is 0 Å². The number of ether oxygens (including phenoxy) is 2. The molecule has 0 aromatic carbocycles. The van der Waals surface area contributed by atoms with Crippen molar-refractivity contribution in [1.29, 1.82) is 0 Å². The van der Waals surface area contributed by atoms with Crippen LogP contribution >= 0.6 is 0 Å². The first kappa shape index (κ1) is 21.7. The number of H-pyrrole nitrogens is 2. The number of hydrogen-bond acceptors (Lipinski definition) is 8. The first-order valence-corrected chi connectivity index (χ1v) is 8.17. The topological polar surface area (TPSA) is 144 Å². The second kappa shape index (κ2) is 11.3. The van der Waals surface area contributed by atoms with E-state index in [0.29, 0.717) is 24.3 Å². The lowest BCUT2D eigenvalue weighted by Gasteiger charge is -2.00. The summed E-state index contributed by atoms with van der Waals surface area (Å²) in [6, 6.07) is 0. The molecule has 0 aliphatic heterocycles. The fraction of sp³-hybridized carbons (Fsp3) is 0.412. The third-order valence-corrected chi connectivity index (χ3v) is 3.07. The molecule has 0 radical (unpaired) electrons. The van der Waals surface area contributed by atoms with Crippen LogP contribution in [0.3, 0.4) is 0 Å². The van der Waals surface area contributed by atoms with Gasteiger partial charge < -0.3 is 19.4 Å². The Labute approximate surface area is 155 Å². The fourth-order valence-corrected chi connectivity index (χ4v) is 1.78. The largest absolute Gasteiger partial charge is 0.461 e. The third-order valence-electron chi connectivity index (χ3n) is 3.07. The van der Waals surface area contributed by atoms with Gasteiger partial charge in [0.1, 0.15) is 13.2 Å². The lowest BCUT2D eigenvalue weighted by molar-refractivity contribution is -0.145. The number of carbonyl (C=O) groups excluding carboxylic acids is 4. The predicted octanol–water partition coefficient (Wildman–Crippen LogP) is 1.74. The van der Waals surface area contributed by atoms with Gasteiger partial charge in [0, 0.05) is 20.3 Å². The lowest BCUT2D eigenvalue weighted by atomic mass is 10.3. The Kier molecular flexibility index (Phi) is 9.13. The summed E-state index contributed by atoms with van der Waals surface area (Å²) < 4.78 is 9.39. The van der Waals surface area contributed by atoms with E-state index in [0.717, 1.165) is 6.42 Å².